The third-order valence-corrected chi connectivity index (χ3v) is 8.31. The molecule has 4 rings (SSSR count). The van der Waals surface area contributed by atoms with Gasteiger partial charge in [-0.3, -0.25) is 4.79 Å². The molecule has 0 spiro atoms. The van der Waals surface area contributed by atoms with Gasteiger partial charge in [0.25, 0.3) is 5.91 Å². The molecule has 0 saturated heterocycles. The summed E-state index contributed by atoms with van der Waals surface area (Å²) >= 11 is 0. The molecule has 1 aliphatic carbocycles. The van der Waals surface area contributed by atoms with E-state index in [9.17, 15) is 13.2 Å². The number of sulfonamides is 1. The van der Waals surface area contributed by atoms with Gasteiger partial charge in [-0.05, 0) is 42.2 Å². The van der Waals surface area contributed by atoms with Crippen LogP contribution in [0.3, 0.4) is 0 Å². The molecule has 3 aromatic carbocycles. The number of benzene rings is 3. The van der Waals surface area contributed by atoms with Gasteiger partial charge < -0.3 is 5.32 Å². The molecule has 33 heavy (non-hydrogen) atoms. The van der Waals surface area contributed by atoms with Gasteiger partial charge in [-0.1, -0.05) is 86.0 Å². The molecule has 1 fully saturated rings. The summed E-state index contributed by atoms with van der Waals surface area (Å²) in [5.74, 6) is -0.315. The lowest BCUT2D eigenvalue weighted by Gasteiger charge is -2.30. The van der Waals surface area contributed by atoms with Gasteiger partial charge in [0.2, 0.25) is 10.0 Å². The smallest absolute Gasteiger partial charge is 0.252 e. The molecule has 0 heterocycles. The summed E-state index contributed by atoms with van der Waals surface area (Å²) in [6, 6.07) is 25.5. The van der Waals surface area contributed by atoms with E-state index in [-0.39, 0.29) is 22.9 Å². The van der Waals surface area contributed by atoms with Gasteiger partial charge in [0.1, 0.15) is 0 Å². The van der Waals surface area contributed by atoms with Crippen LogP contribution in [0, 0.1) is 0 Å². The molecule has 0 unspecified atom stereocenters. The summed E-state index contributed by atoms with van der Waals surface area (Å²) < 4.78 is 28.0. The third kappa shape index (κ3) is 5.34. The van der Waals surface area contributed by atoms with Crippen LogP contribution in [-0.2, 0) is 10.0 Å². The van der Waals surface area contributed by atoms with E-state index in [1.54, 1.807) is 25.2 Å². The molecule has 0 bridgehead atoms. The van der Waals surface area contributed by atoms with Gasteiger partial charge in [-0.25, -0.2) is 8.42 Å². The van der Waals surface area contributed by atoms with E-state index in [0.29, 0.717) is 5.56 Å². The lowest BCUT2D eigenvalue weighted by Crippen LogP contribution is -2.38. The first-order valence-electron chi connectivity index (χ1n) is 11.5. The van der Waals surface area contributed by atoms with Crippen LogP contribution in [0.2, 0.25) is 0 Å². The Labute approximate surface area is 196 Å². The fourth-order valence-corrected chi connectivity index (χ4v) is 5.93. The number of nitrogens with one attached hydrogen (secondary N) is 1. The number of amides is 1. The second-order valence-corrected chi connectivity index (χ2v) is 10.6. The standard InChI is InChI=1S/C27H30N2O3S/c1-29(24-17-9-4-10-18-24)33(31,32)25-19-11-16-23(20-25)27(30)28-26(21-12-5-2-6-13-21)22-14-7-3-8-15-22/h2-3,5-8,11-16,19-20,24,26H,4,9-10,17-18H2,1H3,(H,28,30). The van der Waals surface area contributed by atoms with E-state index in [0.717, 1.165) is 43.2 Å². The number of hydrogen-bond acceptors (Lipinski definition) is 3. The minimum absolute atomic E-state index is 0.0155. The molecule has 1 aliphatic rings. The number of carbonyl (C=O) groups excluding carboxylic acids is 1. The zero-order valence-corrected chi connectivity index (χ0v) is 19.7. The zero-order chi connectivity index (χ0) is 23.3. The Morgan fingerprint density at radius 2 is 1.42 bits per heavy atom. The molecule has 0 atom stereocenters. The molecule has 6 heteroatoms. The van der Waals surface area contributed by atoms with Gasteiger partial charge in [-0.15, -0.1) is 0 Å². The molecule has 0 aromatic heterocycles. The number of carbonyl (C=O) groups is 1. The highest BCUT2D eigenvalue weighted by Gasteiger charge is 2.29. The first-order valence-corrected chi connectivity index (χ1v) is 12.9. The normalized spacial score (nSPS) is 15.0. The van der Waals surface area contributed by atoms with Crippen LogP contribution in [0.5, 0.6) is 0 Å². The molecule has 1 N–H and O–H groups in total. The number of hydrogen-bond donors (Lipinski definition) is 1. The van der Waals surface area contributed by atoms with E-state index in [1.165, 1.54) is 10.4 Å². The maximum atomic E-state index is 13.3. The Morgan fingerprint density at radius 1 is 0.848 bits per heavy atom. The SMILES string of the molecule is CN(C1CCCCC1)S(=O)(=O)c1cccc(C(=O)NC(c2ccccc2)c2ccccc2)c1. The molecular weight excluding hydrogens is 432 g/mol. The lowest BCUT2D eigenvalue weighted by molar-refractivity contribution is 0.0942. The van der Waals surface area contributed by atoms with E-state index in [4.69, 9.17) is 0 Å². The van der Waals surface area contributed by atoms with Crippen molar-refractivity contribution in [2.24, 2.45) is 0 Å². The highest BCUT2D eigenvalue weighted by atomic mass is 32.2. The van der Waals surface area contributed by atoms with Crippen molar-refractivity contribution in [1.82, 2.24) is 9.62 Å². The molecular formula is C27H30N2O3S. The third-order valence-electron chi connectivity index (χ3n) is 6.40. The van der Waals surface area contributed by atoms with Crippen molar-refractivity contribution in [3.05, 3.63) is 102 Å². The van der Waals surface area contributed by atoms with Crippen molar-refractivity contribution >= 4 is 15.9 Å². The Bertz CT molecular complexity index is 1130. The second kappa shape index (κ2) is 10.3. The average Bonchev–Trinajstić information content (AvgIpc) is 2.88. The van der Waals surface area contributed by atoms with Crippen molar-refractivity contribution in [1.29, 1.82) is 0 Å². The molecule has 172 valence electrons. The van der Waals surface area contributed by atoms with Crippen LogP contribution >= 0.6 is 0 Å². The van der Waals surface area contributed by atoms with Crippen LogP contribution in [0.1, 0.15) is 59.6 Å². The summed E-state index contributed by atoms with van der Waals surface area (Å²) in [6.45, 7) is 0. The number of rotatable bonds is 7. The maximum absolute atomic E-state index is 13.3. The van der Waals surface area contributed by atoms with Crippen LogP contribution in [-0.4, -0.2) is 31.7 Å². The Morgan fingerprint density at radius 3 is 2.00 bits per heavy atom. The van der Waals surface area contributed by atoms with E-state index >= 15 is 0 Å². The van der Waals surface area contributed by atoms with Crippen molar-refractivity contribution in [2.75, 3.05) is 7.05 Å². The minimum Gasteiger partial charge on any atom is -0.341 e. The topological polar surface area (TPSA) is 66.5 Å². The molecule has 0 aliphatic heterocycles. The highest BCUT2D eigenvalue weighted by Crippen LogP contribution is 2.27. The van der Waals surface area contributed by atoms with Crippen LogP contribution in [0.25, 0.3) is 0 Å². The van der Waals surface area contributed by atoms with E-state index < -0.39 is 10.0 Å². The summed E-state index contributed by atoms with van der Waals surface area (Å²) in [7, 11) is -2.02. The van der Waals surface area contributed by atoms with Crippen LogP contribution in [0.4, 0.5) is 0 Å². The zero-order valence-electron chi connectivity index (χ0n) is 18.9. The van der Waals surface area contributed by atoms with Gasteiger partial charge in [-0.2, -0.15) is 4.31 Å². The average molecular weight is 463 g/mol. The molecule has 1 saturated carbocycles. The Balaban J connectivity index is 1.59. The van der Waals surface area contributed by atoms with Gasteiger partial charge >= 0.3 is 0 Å². The molecule has 5 nitrogen and oxygen atoms in total. The first kappa shape index (κ1) is 23.2. The van der Waals surface area contributed by atoms with Crippen molar-refractivity contribution < 1.29 is 13.2 Å². The quantitative estimate of drug-likeness (QED) is 0.527. The minimum atomic E-state index is -3.67. The predicted octanol–water partition coefficient (Wildman–Crippen LogP) is 5.16. The highest BCUT2D eigenvalue weighted by molar-refractivity contribution is 7.89. The predicted molar refractivity (Wildman–Crippen MR) is 130 cm³/mol. The molecule has 0 radical (unpaired) electrons. The summed E-state index contributed by atoms with van der Waals surface area (Å²) in [5, 5.41) is 3.09. The van der Waals surface area contributed by atoms with Crippen molar-refractivity contribution in [3.8, 4) is 0 Å². The summed E-state index contributed by atoms with van der Waals surface area (Å²) in [5.41, 5.74) is 2.24. The molecule has 3 aromatic rings. The van der Waals surface area contributed by atoms with Crippen molar-refractivity contribution in [2.45, 2.75) is 49.1 Å². The van der Waals surface area contributed by atoms with E-state index in [2.05, 4.69) is 5.32 Å². The van der Waals surface area contributed by atoms with Crippen LogP contribution < -0.4 is 5.32 Å². The van der Waals surface area contributed by atoms with E-state index in [1.807, 2.05) is 60.7 Å². The van der Waals surface area contributed by atoms with Gasteiger partial charge in [0.05, 0.1) is 10.9 Å². The molecule has 1 amide bonds. The summed E-state index contributed by atoms with van der Waals surface area (Å²) in [6.07, 6.45) is 5.02. The van der Waals surface area contributed by atoms with Crippen LogP contribution in [0.15, 0.2) is 89.8 Å². The van der Waals surface area contributed by atoms with Gasteiger partial charge in [0, 0.05) is 18.7 Å². The second-order valence-electron chi connectivity index (χ2n) is 8.57. The number of nitrogens with zero attached hydrogens (tertiary/aromatic N) is 1. The summed E-state index contributed by atoms with van der Waals surface area (Å²) in [4.78, 5) is 13.4. The largest absolute Gasteiger partial charge is 0.341 e. The fourth-order valence-electron chi connectivity index (χ4n) is 4.47. The fraction of sp³-hybridized carbons (Fsp3) is 0.296. The Hall–Kier alpha value is -2.96. The monoisotopic (exact) mass is 462 g/mol. The first-order chi connectivity index (χ1) is 16.0. The Kier molecular flexibility index (Phi) is 7.26. The van der Waals surface area contributed by atoms with Crippen molar-refractivity contribution in [3.63, 3.8) is 0 Å². The van der Waals surface area contributed by atoms with Gasteiger partial charge in [0.15, 0.2) is 0 Å². The maximum Gasteiger partial charge on any atom is 0.252 e. The lowest BCUT2D eigenvalue weighted by atomic mass is 9.96.